The number of hydrogen-bond donors (Lipinski definition) is 2. The van der Waals surface area contributed by atoms with Gasteiger partial charge in [0.2, 0.25) is 0 Å². The molecule has 120 valence electrons. The average Bonchev–Trinajstić information content (AvgIpc) is 2.56. The van der Waals surface area contributed by atoms with Gasteiger partial charge in [-0.25, -0.2) is 4.79 Å². The number of hydrogen-bond acceptors (Lipinski definition) is 4. The van der Waals surface area contributed by atoms with E-state index >= 15 is 0 Å². The second-order valence-electron chi connectivity index (χ2n) is 4.97. The Hall–Kier alpha value is -2.53. The molecule has 2 aromatic carbocycles. The van der Waals surface area contributed by atoms with E-state index in [0.717, 1.165) is 5.56 Å². The van der Waals surface area contributed by atoms with Crippen LogP contribution >= 0.6 is 11.6 Å². The second-order valence-corrected chi connectivity index (χ2v) is 5.38. The second kappa shape index (κ2) is 7.15. The Morgan fingerprint density at radius 2 is 1.74 bits per heavy atom. The van der Waals surface area contributed by atoms with Gasteiger partial charge in [-0.05, 0) is 42.8 Å². The van der Waals surface area contributed by atoms with Crippen LogP contribution in [-0.2, 0) is 4.74 Å². The van der Waals surface area contributed by atoms with E-state index in [2.05, 4.69) is 10.1 Å². The summed E-state index contributed by atoms with van der Waals surface area (Å²) >= 11 is 5.72. The normalized spacial score (nSPS) is 11.6. The monoisotopic (exact) mass is 333 g/mol. The van der Waals surface area contributed by atoms with Crippen molar-refractivity contribution in [3.05, 3.63) is 64.2 Å². The third-order valence-corrected chi connectivity index (χ3v) is 3.71. The number of amides is 1. The number of nitrogens with one attached hydrogen (secondary N) is 1. The van der Waals surface area contributed by atoms with Crippen molar-refractivity contribution in [2.45, 2.75) is 13.0 Å². The first-order chi connectivity index (χ1) is 10.9. The number of phenolic OH excluding ortho intramolecular Hbond substituents is 1. The van der Waals surface area contributed by atoms with E-state index in [4.69, 9.17) is 11.6 Å². The van der Waals surface area contributed by atoms with Crippen LogP contribution in [0.4, 0.5) is 0 Å². The molecular weight excluding hydrogens is 318 g/mol. The number of halogens is 1. The van der Waals surface area contributed by atoms with Crippen LogP contribution in [0.15, 0.2) is 42.5 Å². The van der Waals surface area contributed by atoms with Gasteiger partial charge in [-0.3, -0.25) is 4.79 Å². The van der Waals surface area contributed by atoms with Crippen molar-refractivity contribution in [2.75, 3.05) is 7.11 Å². The van der Waals surface area contributed by atoms with E-state index in [-0.39, 0.29) is 22.7 Å². The van der Waals surface area contributed by atoms with Crippen molar-refractivity contribution in [1.82, 2.24) is 5.32 Å². The molecule has 0 aliphatic heterocycles. The molecule has 23 heavy (non-hydrogen) atoms. The summed E-state index contributed by atoms with van der Waals surface area (Å²) in [5.41, 5.74) is 1.59. The van der Waals surface area contributed by atoms with E-state index in [1.54, 1.807) is 24.3 Å². The Bertz CT molecular complexity index is 728. The molecule has 6 heteroatoms. The smallest absolute Gasteiger partial charge is 0.337 e. The lowest BCUT2D eigenvalue weighted by molar-refractivity contribution is 0.0600. The Balaban J connectivity index is 2.08. The highest BCUT2D eigenvalue weighted by atomic mass is 35.5. The molecule has 0 aliphatic carbocycles. The van der Waals surface area contributed by atoms with Gasteiger partial charge in [-0.1, -0.05) is 23.7 Å². The number of carbonyl (C=O) groups excluding carboxylic acids is 2. The Morgan fingerprint density at radius 3 is 2.30 bits per heavy atom. The van der Waals surface area contributed by atoms with Gasteiger partial charge in [0.25, 0.3) is 5.91 Å². The van der Waals surface area contributed by atoms with E-state index in [1.807, 2.05) is 6.92 Å². The van der Waals surface area contributed by atoms with Crippen LogP contribution < -0.4 is 5.32 Å². The summed E-state index contributed by atoms with van der Waals surface area (Å²) in [5, 5.41) is 12.6. The lowest BCUT2D eigenvalue weighted by Gasteiger charge is -2.15. The molecule has 0 aliphatic rings. The van der Waals surface area contributed by atoms with Gasteiger partial charge in [-0.2, -0.15) is 0 Å². The fourth-order valence-electron chi connectivity index (χ4n) is 2.04. The van der Waals surface area contributed by atoms with Gasteiger partial charge in [0, 0.05) is 5.56 Å². The molecule has 0 heterocycles. The molecule has 2 rings (SSSR count). The van der Waals surface area contributed by atoms with Crippen LogP contribution in [0.5, 0.6) is 5.75 Å². The quantitative estimate of drug-likeness (QED) is 0.841. The molecular formula is C17H16ClNO4. The van der Waals surface area contributed by atoms with Crippen LogP contribution in [0.25, 0.3) is 0 Å². The molecule has 0 radical (unpaired) electrons. The Kier molecular flexibility index (Phi) is 5.24. The van der Waals surface area contributed by atoms with Gasteiger partial charge in [-0.15, -0.1) is 0 Å². The summed E-state index contributed by atoms with van der Waals surface area (Å²) in [7, 11) is 1.32. The van der Waals surface area contributed by atoms with Crippen LogP contribution in [0, 0.1) is 0 Å². The van der Waals surface area contributed by atoms with Gasteiger partial charge in [0.15, 0.2) is 0 Å². The first-order valence-corrected chi connectivity index (χ1v) is 7.28. The molecule has 0 saturated heterocycles. The van der Waals surface area contributed by atoms with E-state index < -0.39 is 5.97 Å². The summed E-state index contributed by atoms with van der Waals surface area (Å²) in [6.07, 6.45) is 0. The third-order valence-electron chi connectivity index (χ3n) is 3.39. The minimum Gasteiger partial charge on any atom is -0.506 e. The van der Waals surface area contributed by atoms with Crippen molar-refractivity contribution in [1.29, 1.82) is 0 Å². The molecule has 0 spiro atoms. The summed E-state index contributed by atoms with van der Waals surface area (Å²) in [6, 6.07) is 10.8. The number of rotatable bonds is 4. The van der Waals surface area contributed by atoms with E-state index in [0.29, 0.717) is 11.1 Å². The number of benzene rings is 2. The maximum Gasteiger partial charge on any atom is 0.337 e. The highest BCUT2D eigenvalue weighted by Crippen LogP contribution is 2.24. The largest absolute Gasteiger partial charge is 0.506 e. The summed E-state index contributed by atoms with van der Waals surface area (Å²) < 4.78 is 4.64. The fraction of sp³-hybridized carbons (Fsp3) is 0.176. The third kappa shape index (κ3) is 4.02. The molecule has 5 nitrogen and oxygen atoms in total. The summed E-state index contributed by atoms with van der Waals surface area (Å²) in [5.74, 6) is -0.888. The van der Waals surface area contributed by atoms with Gasteiger partial charge in [0.05, 0.1) is 23.7 Å². The molecule has 0 aromatic heterocycles. The van der Waals surface area contributed by atoms with Crippen molar-refractivity contribution in [3.63, 3.8) is 0 Å². The maximum atomic E-state index is 12.2. The zero-order valence-electron chi connectivity index (χ0n) is 12.7. The predicted molar refractivity (Wildman–Crippen MR) is 86.8 cm³/mol. The number of ether oxygens (including phenoxy) is 1. The van der Waals surface area contributed by atoms with Gasteiger partial charge >= 0.3 is 5.97 Å². The maximum absolute atomic E-state index is 12.2. The molecule has 2 N–H and O–H groups in total. The topological polar surface area (TPSA) is 75.6 Å². The Morgan fingerprint density at radius 1 is 1.13 bits per heavy atom. The molecule has 1 amide bonds. The van der Waals surface area contributed by atoms with Crippen molar-refractivity contribution >= 4 is 23.5 Å². The van der Waals surface area contributed by atoms with Crippen LogP contribution in [-0.4, -0.2) is 24.1 Å². The number of aromatic hydroxyl groups is 1. The minimum atomic E-state index is -0.412. The number of carbonyl (C=O) groups is 2. The van der Waals surface area contributed by atoms with Crippen LogP contribution in [0.3, 0.4) is 0 Å². The zero-order valence-corrected chi connectivity index (χ0v) is 13.4. The van der Waals surface area contributed by atoms with E-state index in [1.165, 1.54) is 25.3 Å². The molecule has 1 atom stereocenters. The highest BCUT2D eigenvalue weighted by molar-refractivity contribution is 6.32. The Labute approximate surface area is 138 Å². The molecule has 2 aromatic rings. The molecule has 0 saturated carbocycles. The van der Waals surface area contributed by atoms with Crippen LogP contribution in [0.1, 0.15) is 39.2 Å². The lowest BCUT2D eigenvalue weighted by atomic mass is 10.1. The summed E-state index contributed by atoms with van der Waals surface area (Å²) in [6.45, 7) is 1.82. The standard InChI is InChI=1S/C17H16ClNO4/c1-10(11-3-5-12(6-4-11)17(22)23-2)19-16(21)13-7-8-14(18)15(20)9-13/h3-10,20H,1-2H3,(H,19,21)/t10-/m1/s1. The number of phenols is 1. The molecule has 0 fully saturated rings. The van der Waals surface area contributed by atoms with Crippen molar-refractivity contribution in [2.24, 2.45) is 0 Å². The first kappa shape index (κ1) is 16.8. The predicted octanol–water partition coefficient (Wildman–Crippen LogP) is 3.32. The zero-order chi connectivity index (χ0) is 17.0. The van der Waals surface area contributed by atoms with Crippen LogP contribution in [0.2, 0.25) is 5.02 Å². The van der Waals surface area contributed by atoms with Crippen molar-refractivity contribution < 1.29 is 19.4 Å². The average molecular weight is 334 g/mol. The summed E-state index contributed by atoms with van der Waals surface area (Å²) in [4.78, 5) is 23.6. The molecule has 0 unspecified atom stereocenters. The first-order valence-electron chi connectivity index (χ1n) is 6.90. The van der Waals surface area contributed by atoms with E-state index in [9.17, 15) is 14.7 Å². The fourth-order valence-corrected chi connectivity index (χ4v) is 2.16. The number of esters is 1. The molecule has 0 bridgehead atoms. The van der Waals surface area contributed by atoms with Crippen molar-refractivity contribution in [3.8, 4) is 5.75 Å². The van der Waals surface area contributed by atoms with Gasteiger partial charge < -0.3 is 15.2 Å². The lowest BCUT2D eigenvalue weighted by Crippen LogP contribution is -2.26. The highest BCUT2D eigenvalue weighted by Gasteiger charge is 2.13. The van der Waals surface area contributed by atoms with Gasteiger partial charge in [0.1, 0.15) is 5.75 Å². The minimum absolute atomic E-state index is 0.144. The number of methoxy groups -OCH3 is 1. The SMILES string of the molecule is COC(=O)c1ccc([C@@H](C)NC(=O)c2ccc(Cl)c(O)c2)cc1.